The second kappa shape index (κ2) is 9.61. The van der Waals surface area contributed by atoms with Gasteiger partial charge < -0.3 is 15.0 Å². The van der Waals surface area contributed by atoms with Crippen LogP contribution >= 0.6 is 0 Å². The van der Waals surface area contributed by atoms with Crippen molar-refractivity contribution in [1.29, 1.82) is 0 Å². The van der Waals surface area contributed by atoms with Crippen LogP contribution < -0.4 is 5.32 Å². The summed E-state index contributed by atoms with van der Waals surface area (Å²) in [6.45, 7) is 2.68. The van der Waals surface area contributed by atoms with Crippen LogP contribution in [0.5, 0.6) is 0 Å². The van der Waals surface area contributed by atoms with E-state index in [2.05, 4.69) is 5.32 Å². The lowest BCUT2D eigenvalue weighted by molar-refractivity contribution is -0.138. The van der Waals surface area contributed by atoms with Gasteiger partial charge in [0, 0.05) is 32.7 Å². The number of benzene rings is 1. The molecule has 0 aliphatic carbocycles. The highest BCUT2D eigenvalue weighted by Gasteiger charge is 2.31. The number of carbonyl (C=O) groups excluding carboxylic acids is 2. The summed E-state index contributed by atoms with van der Waals surface area (Å²) in [5, 5.41) is 2.70. The lowest BCUT2D eigenvalue weighted by atomic mass is 9.91. The molecular weight excluding hydrogens is 385 g/mol. The molecule has 0 radical (unpaired) electrons. The average Bonchev–Trinajstić information content (AvgIpc) is 3.25. The molecule has 2 fully saturated rings. The van der Waals surface area contributed by atoms with Gasteiger partial charge in [-0.25, -0.2) is 0 Å². The first kappa shape index (κ1) is 21.6. The average molecular weight is 412 g/mol. The Morgan fingerprint density at radius 1 is 1.17 bits per heavy atom. The maximum Gasteiger partial charge on any atom is 0.416 e. The normalized spacial score (nSPS) is 20.7. The number of ether oxygens (including phenoxy) is 1. The third-order valence-corrected chi connectivity index (χ3v) is 5.73. The van der Waals surface area contributed by atoms with Crippen LogP contribution in [0.1, 0.15) is 43.2 Å². The molecule has 1 aromatic rings. The van der Waals surface area contributed by atoms with Crippen LogP contribution in [0.2, 0.25) is 0 Å². The zero-order valence-electron chi connectivity index (χ0n) is 16.3. The molecule has 0 bridgehead atoms. The highest BCUT2D eigenvalue weighted by molar-refractivity contribution is 5.79. The lowest BCUT2D eigenvalue weighted by Gasteiger charge is -2.33. The van der Waals surface area contributed by atoms with Gasteiger partial charge in [-0.1, -0.05) is 12.1 Å². The van der Waals surface area contributed by atoms with Crippen molar-refractivity contribution in [3.63, 3.8) is 0 Å². The topological polar surface area (TPSA) is 58.6 Å². The predicted molar refractivity (Wildman–Crippen MR) is 101 cm³/mol. The third-order valence-electron chi connectivity index (χ3n) is 5.73. The van der Waals surface area contributed by atoms with Gasteiger partial charge in [-0.15, -0.1) is 0 Å². The summed E-state index contributed by atoms with van der Waals surface area (Å²) in [5.74, 6) is 0.398. The van der Waals surface area contributed by atoms with Crippen molar-refractivity contribution in [3.8, 4) is 0 Å². The second-order valence-electron chi connectivity index (χ2n) is 7.84. The summed E-state index contributed by atoms with van der Waals surface area (Å²) in [6, 6.07) is 4.99. The molecule has 29 heavy (non-hydrogen) atoms. The molecule has 160 valence electrons. The number of hydrogen-bond acceptors (Lipinski definition) is 3. The molecule has 1 aromatic carbocycles. The summed E-state index contributed by atoms with van der Waals surface area (Å²) >= 11 is 0. The predicted octanol–water partition coefficient (Wildman–Crippen LogP) is 3.38. The van der Waals surface area contributed by atoms with Crippen molar-refractivity contribution in [2.75, 3.05) is 26.3 Å². The first-order valence-electron chi connectivity index (χ1n) is 10.1. The molecule has 5 nitrogen and oxygen atoms in total. The first-order valence-corrected chi connectivity index (χ1v) is 10.1. The van der Waals surface area contributed by atoms with Crippen LogP contribution in [0.3, 0.4) is 0 Å². The van der Waals surface area contributed by atoms with Gasteiger partial charge in [-0.3, -0.25) is 9.59 Å². The molecule has 1 atom stereocenters. The monoisotopic (exact) mass is 412 g/mol. The Balaban J connectivity index is 1.36. The number of nitrogens with zero attached hydrogens (tertiary/aromatic N) is 1. The number of carbonyl (C=O) groups is 2. The van der Waals surface area contributed by atoms with Crippen LogP contribution in [-0.4, -0.2) is 43.0 Å². The molecule has 2 heterocycles. The highest BCUT2D eigenvalue weighted by atomic mass is 19.4. The van der Waals surface area contributed by atoms with Crippen LogP contribution in [0, 0.1) is 11.8 Å². The molecule has 0 spiro atoms. The minimum atomic E-state index is -4.39. The molecule has 1 N–H and O–H groups in total. The van der Waals surface area contributed by atoms with Gasteiger partial charge in [0.1, 0.15) is 0 Å². The molecule has 2 aliphatic rings. The van der Waals surface area contributed by atoms with Gasteiger partial charge in [0.15, 0.2) is 0 Å². The zero-order valence-corrected chi connectivity index (χ0v) is 16.3. The number of amides is 2. The third kappa shape index (κ3) is 6.19. The van der Waals surface area contributed by atoms with E-state index in [1.54, 1.807) is 6.07 Å². The van der Waals surface area contributed by atoms with E-state index in [9.17, 15) is 22.8 Å². The Morgan fingerprint density at radius 2 is 1.93 bits per heavy atom. The number of piperidine rings is 1. The van der Waals surface area contributed by atoms with Crippen LogP contribution in [0.25, 0.3) is 0 Å². The summed E-state index contributed by atoms with van der Waals surface area (Å²) in [6.07, 6.45) is -0.774. The van der Waals surface area contributed by atoms with Gasteiger partial charge in [0.05, 0.1) is 18.1 Å². The summed E-state index contributed by atoms with van der Waals surface area (Å²) in [5.41, 5.74) is -0.286. The van der Waals surface area contributed by atoms with E-state index in [1.165, 1.54) is 6.07 Å². The van der Waals surface area contributed by atoms with Crippen molar-refractivity contribution in [2.24, 2.45) is 11.8 Å². The highest BCUT2D eigenvalue weighted by Crippen LogP contribution is 2.29. The minimum absolute atomic E-state index is 0.00632. The van der Waals surface area contributed by atoms with Gasteiger partial charge >= 0.3 is 6.18 Å². The second-order valence-corrected chi connectivity index (χ2v) is 7.84. The smallest absolute Gasteiger partial charge is 0.381 e. The van der Waals surface area contributed by atoms with Gasteiger partial charge in [-0.2, -0.15) is 13.2 Å². The van der Waals surface area contributed by atoms with Crippen molar-refractivity contribution >= 4 is 11.8 Å². The number of likely N-dealkylation sites (tertiary alicyclic amines) is 1. The van der Waals surface area contributed by atoms with Crippen molar-refractivity contribution in [3.05, 3.63) is 35.4 Å². The van der Waals surface area contributed by atoms with Crippen molar-refractivity contribution < 1.29 is 27.5 Å². The summed E-state index contributed by atoms with van der Waals surface area (Å²) in [4.78, 5) is 26.4. The fourth-order valence-corrected chi connectivity index (χ4v) is 3.91. The van der Waals surface area contributed by atoms with Crippen molar-refractivity contribution in [1.82, 2.24) is 10.2 Å². The molecule has 2 amide bonds. The van der Waals surface area contributed by atoms with Gasteiger partial charge in [0.2, 0.25) is 11.8 Å². The number of halogens is 3. The molecule has 8 heteroatoms. The Hall–Kier alpha value is -2.09. The quantitative estimate of drug-likeness (QED) is 0.779. The molecule has 0 aromatic heterocycles. The SMILES string of the molecule is O=C(CCC1CCN(C(=O)[C@H]2CCOC2)CC1)NCc1cccc(C(F)(F)F)c1. The van der Waals surface area contributed by atoms with Crippen molar-refractivity contribution in [2.45, 2.75) is 44.8 Å². The lowest BCUT2D eigenvalue weighted by Crippen LogP contribution is -2.42. The number of nitrogens with one attached hydrogen (secondary N) is 1. The van der Waals surface area contributed by atoms with Crippen LogP contribution in [-0.2, 0) is 27.0 Å². The van der Waals surface area contributed by atoms with E-state index in [0.717, 1.165) is 37.8 Å². The minimum Gasteiger partial charge on any atom is -0.381 e. The maximum atomic E-state index is 12.7. The van der Waals surface area contributed by atoms with E-state index in [0.29, 0.717) is 44.2 Å². The first-order chi connectivity index (χ1) is 13.8. The molecule has 2 saturated heterocycles. The van der Waals surface area contributed by atoms with E-state index >= 15 is 0 Å². The van der Waals surface area contributed by atoms with Crippen LogP contribution in [0.15, 0.2) is 24.3 Å². The van der Waals surface area contributed by atoms with E-state index < -0.39 is 11.7 Å². The van der Waals surface area contributed by atoms with E-state index in [-0.39, 0.29) is 24.3 Å². The van der Waals surface area contributed by atoms with Gasteiger partial charge in [0.25, 0.3) is 0 Å². The number of rotatable bonds is 6. The molecule has 2 aliphatic heterocycles. The Kier molecular flexibility index (Phi) is 7.16. The molecule has 3 rings (SSSR count). The Bertz CT molecular complexity index is 709. The van der Waals surface area contributed by atoms with E-state index in [1.807, 2.05) is 4.90 Å². The van der Waals surface area contributed by atoms with Gasteiger partial charge in [-0.05, 0) is 49.3 Å². The van der Waals surface area contributed by atoms with E-state index in [4.69, 9.17) is 4.74 Å². The molecule has 0 saturated carbocycles. The molecular formula is C21H27F3N2O3. The largest absolute Gasteiger partial charge is 0.416 e. The van der Waals surface area contributed by atoms with Crippen LogP contribution in [0.4, 0.5) is 13.2 Å². The number of hydrogen-bond donors (Lipinski definition) is 1. The zero-order chi connectivity index (χ0) is 20.9. The standard InChI is InChI=1S/C21H27F3N2O3/c22-21(23,24)18-3-1-2-16(12-18)13-25-19(27)5-4-15-6-9-26(10-7-15)20(28)17-8-11-29-14-17/h1-3,12,15,17H,4-11,13-14H2,(H,25,27)/t17-/m0/s1. The Morgan fingerprint density at radius 3 is 2.59 bits per heavy atom. The summed E-state index contributed by atoms with van der Waals surface area (Å²) < 4.78 is 43.5. The molecule has 0 unspecified atom stereocenters. The maximum absolute atomic E-state index is 12.7. The fourth-order valence-electron chi connectivity index (χ4n) is 3.91. The fraction of sp³-hybridized carbons (Fsp3) is 0.619. The summed E-state index contributed by atoms with van der Waals surface area (Å²) in [7, 11) is 0. The number of alkyl halides is 3. The Labute approximate surface area is 168 Å².